The van der Waals surface area contributed by atoms with E-state index in [0.29, 0.717) is 22.4 Å². The van der Waals surface area contributed by atoms with Gasteiger partial charge in [0, 0.05) is 18.1 Å². The second kappa shape index (κ2) is 7.82. The number of hydrogen-bond acceptors (Lipinski definition) is 7. The zero-order chi connectivity index (χ0) is 21.3. The van der Waals surface area contributed by atoms with Crippen LogP contribution >= 0.6 is 0 Å². The Morgan fingerprint density at radius 2 is 1.97 bits per heavy atom. The van der Waals surface area contributed by atoms with Crippen LogP contribution in [0, 0.1) is 5.82 Å². The van der Waals surface area contributed by atoms with Crippen LogP contribution in [0.2, 0.25) is 0 Å². The van der Waals surface area contributed by atoms with Crippen molar-refractivity contribution < 1.29 is 23.1 Å². The van der Waals surface area contributed by atoms with E-state index in [2.05, 4.69) is 15.5 Å². The molecule has 9 nitrogen and oxygen atoms in total. The number of cyclic esters (lactones) is 1. The fourth-order valence-electron chi connectivity index (χ4n) is 3.15. The molecule has 0 aliphatic carbocycles. The molecule has 1 fully saturated rings. The Hall–Kier alpha value is -3.95. The van der Waals surface area contributed by atoms with E-state index in [0.717, 1.165) is 0 Å². The van der Waals surface area contributed by atoms with E-state index >= 15 is 0 Å². The molecule has 1 aliphatic rings. The van der Waals surface area contributed by atoms with Crippen LogP contribution in [0.5, 0.6) is 0 Å². The Balaban J connectivity index is 1.51. The Morgan fingerprint density at radius 1 is 1.23 bits per heavy atom. The van der Waals surface area contributed by atoms with Crippen LogP contribution in [0.1, 0.15) is 6.92 Å². The summed E-state index contributed by atoms with van der Waals surface area (Å²) in [5.74, 6) is -0.426. The number of benzene rings is 2. The molecule has 1 aliphatic heterocycles. The number of halogens is 1. The number of amides is 2. The van der Waals surface area contributed by atoms with E-state index in [1.54, 1.807) is 36.4 Å². The maximum atomic E-state index is 14.8. The van der Waals surface area contributed by atoms with Gasteiger partial charge in [0.2, 0.25) is 11.8 Å². The van der Waals surface area contributed by atoms with Gasteiger partial charge < -0.3 is 20.2 Å². The topological polar surface area (TPSA) is 124 Å². The summed E-state index contributed by atoms with van der Waals surface area (Å²) in [7, 11) is 0. The van der Waals surface area contributed by atoms with E-state index in [1.165, 1.54) is 17.9 Å². The van der Waals surface area contributed by atoms with Crippen LogP contribution in [0.3, 0.4) is 0 Å². The van der Waals surface area contributed by atoms with Crippen LogP contribution < -0.4 is 16.0 Å². The van der Waals surface area contributed by atoms with Crippen molar-refractivity contribution in [2.45, 2.75) is 13.0 Å². The first-order valence-corrected chi connectivity index (χ1v) is 9.12. The van der Waals surface area contributed by atoms with E-state index in [1.807, 2.05) is 0 Å². The van der Waals surface area contributed by atoms with Gasteiger partial charge in [-0.2, -0.15) is 0 Å². The first kappa shape index (κ1) is 19.4. The number of nitrogens with zero attached hydrogens (tertiary/aromatic N) is 3. The van der Waals surface area contributed by atoms with Crippen molar-refractivity contribution in [3.8, 4) is 22.6 Å². The lowest BCUT2D eigenvalue weighted by Gasteiger charge is -2.14. The lowest BCUT2D eigenvalue weighted by molar-refractivity contribution is -0.119. The molecule has 0 unspecified atom stereocenters. The third-order valence-electron chi connectivity index (χ3n) is 4.60. The van der Waals surface area contributed by atoms with Gasteiger partial charge in [-0.05, 0) is 35.9 Å². The van der Waals surface area contributed by atoms with Crippen molar-refractivity contribution in [3.63, 3.8) is 0 Å². The highest BCUT2D eigenvalue weighted by Gasteiger charge is 2.32. The number of ether oxygens (including phenoxy) is 1. The maximum Gasteiger partial charge on any atom is 0.414 e. The summed E-state index contributed by atoms with van der Waals surface area (Å²) in [5, 5.41) is 10.0. The summed E-state index contributed by atoms with van der Waals surface area (Å²) < 4.78 is 25.2. The number of nitrogen functional groups attached to an aromatic ring is 1. The Labute approximate surface area is 170 Å². The summed E-state index contributed by atoms with van der Waals surface area (Å²) in [6.45, 7) is 1.81. The molecule has 10 heteroatoms. The number of anilines is 2. The lowest BCUT2D eigenvalue weighted by Crippen LogP contribution is -2.33. The standard InChI is InChI=1S/C20H18FN5O4/c1-11(27)23-9-15-10-26(20(28)29-15)14-6-7-16(17(21)8-14)12-2-4-13(5-3-12)18-24-25-19(22)30-18/h2-8,15H,9-10H2,1H3,(H2,22,25)(H,23,27)/t15-/m0/s1. The largest absolute Gasteiger partial charge is 0.442 e. The summed E-state index contributed by atoms with van der Waals surface area (Å²) in [6, 6.07) is 11.4. The van der Waals surface area contributed by atoms with E-state index in [9.17, 15) is 14.0 Å². The minimum absolute atomic E-state index is 0.0320. The second-order valence-corrected chi connectivity index (χ2v) is 6.74. The number of carbonyl (C=O) groups excluding carboxylic acids is 2. The lowest BCUT2D eigenvalue weighted by atomic mass is 10.0. The molecule has 3 aromatic rings. The minimum Gasteiger partial charge on any atom is -0.442 e. The molecule has 2 amide bonds. The van der Waals surface area contributed by atoms with Gasteiger partial charge in [-0.25, -0.2) is 9.18 Å². The van der Waals surface area contributed by atoms with Crippen molar-refractivity contribution in [2.75, 3.05) is 23.7 Å². The predicted molar refractivity (Wildman–Crippen MR) is 106 cm³/mol. The van der Waals surface area contributed by atoms with Crippen molar-refractivity contribution in [2.24, 2.45) is 0 Å². The molecule has 2 aromatic carbocycles. The highest BCUT2D eigenvalue weighted by Crippen LogP contribution is 2.30. The van der Waals surface area contributed by atoms with Gasteiger partial charge in [0.05, 0.1) is 18.8 Å². The van der Waals surface area contributed by atoms with Gasteiger partial charge in [0.15, 0.2) is 0 Å². The van der Waals surface area contributed by atoms with Crippen molar-refractivity contribution in [1.82, 2.24) is 15.5 Å². The normalized spacial score (nSPS) is 15.9. The third-order valence-corrected chi connectivity index (χ3v) is 4.60. The van der Waals surface area contributed by atoms with E-state index in [-0.39, 0.29) is 30.9 Å². The molecular formula is C20H18FN5O4. The molecule has 0 bridgehead atoms. The van der Waals surface area contributed by atoms with Gasteiger partial charge in [-0.15, -0.1) is 5.10 Å². The smallest absolute Gasteiger partial charge is 0.414 e. The molecule has 154 valence electrons. The summed E-state index contributed by atoms with van der Waals surface area (Å²) in [6.07, 6.45) is -1.07. The average molecular weight is 411 g/mol. The minimum atomic E-state index is -0.583. The molecule has 2 heterocycles. The fourth-order valence-corrected chi connectivity index (χ4v) is 3.15. The SMILES string of the molecule is CC(=O)NC[C@H]1CN(c2ccc(-c3ccc(-c4nnc(N)o4)cc3)c(F)c2)C(=O)O1. The molecule has 4 rings (SSSR count). The number of nitrogens with two attached hydrogens (primary N) is 1. The number of carbonyl (C=O) groups is 2. The van der Waals surface area contributed by atoms with Crippen molar-refractivity contribution in [1.29, 1.82) is 0 Å². The monoisotopic (exact) mass is 411 g/mol. The quantitative estimate of drug-likeness (QED) is 0.661. The third kappa shape index (κ3) is 3.93. The molecule has 0 spiro atoms. The molecule has 3 N–H and O–H groups in total. The molecule has 0 radical (unpaired) electrons. The van der Waals surface area contributed by atoms with Gasteiger partial charge in [-0.3, -0.25) is 9.69 Å². The molecule has 0 saturated carbocycles. The van der Waals surface area contributed by atoms with Crippen molar-refractivity contribution >= 4 is 23.7 Å². The fraction of sp³-hybridized carbons (Fsp3) is 0.200. The molecule has 1 aromatic heterocycles. The summed E-state index contributed by atoms with van der Waals surface area (Å²) >= 11 is 0. The van der Waals surface area contributed by atoms with Crippen LogP contribution in [-0.4, -0.2) is 41.4 Å². The van der Waals surface area contributed by atoms with Crippen molar-refractivity contribution in [3.05, 3.63) is 48.3 Å². The Bertz CT molecular complexity index is 1100. The summed E-state index contributed by atoms with van der Waals surface area (Å²) in [5.41, 5.74) is 7.48. The summed E-state index contributed by atoms with van der Waals surface area (Å²) in [4.78, 5) is 24.5. The zero-order valence-electron chi connectivity index (χ0n) is 16.0. The highest BCUT2D eigenvalue weighted by atomic mass is 19.1. The van der Waals surface area contributed by atoms with Crippen LogP contribution in [0.25, 0.3) is 22.6 Å². The number of nitrogens with one attached hydrogen (secondary N) is 1. The Kier molecular flexibility index (Phi) is 5.05. The van der Waals surface area contributed by atoms with Crippen LogP contribution in [0.4, 0.5) is 20.9 Å². The van der Waals surface area contributed by atoms with E-state index in [4.69, 9.17) is 14.9 Å². The van der Waals surface area contributed by atoms with E-state index < -0.39 is 18.0 Å². The molecular weight excluding hydrogens is 393 g/mol. The molecule has 30 heavy (non-hydrogen) atoms. The van der Waals surface area contributed by atoms with Crippen LogP contribution in [-0.2, 0) is 9.53 Å². The maximum absolute atomic E-state index is 14.8. The highest BCUT2D eigenvalue weighted by molar-refractivity contribution is 5.90. The first-order valence-electron chi connectivity index (χ1n) is 9.12. The predicted octanol–water partition coefficient (Wildman–Crippen LogP) is 2.59. The number of rotatable bonds is 5. The molecule has 1 atom stereocenters. The van der Waals surface area contributed by atoms with Gasteiger partial charge in [-0.1, -0.05) is 17.2 Å². The average Bonchev–Trinajstić information content (AvgIpc) is 3.32. The van der Waals surface area contributed by atoms with Gasteiger partial charge >= 0.3 is 12.1 Å². The Morgan fingerprint density at radius 3 is 2.60 bits per heavy atom. The first-order chi connectivity index (χ1) is 14.4. The van der Waals surface area contributed by atoms with Crippen LogP contribution in [0.15, 0.2) is 46.9 Å². The number of aromatic nitrogens is 2. The molecule has 1 saturated heterocycles. The zero-order valence-corrected chi connectivity index (χ0v) is 16.0. The van der Waals surface area contributed by atoms with Gasteiger partial charge in [0.1, 0.15) is 11.9 Å². The number of hydrogen-bond donors (Lipinski definition) is 2. The second-order valence-electron chi connectivity index (χ2n) is 6.74. The van der Waals surface area contributed by atoms with Gasteiger partial charge in [0.25, 0.3) is 0 Å².